The number of halogens is 3. The summed E-state index contributed by atoms with van der Waals surface area (Å²) in [4.78, 5) is 31.0. The molecule has 2 aromatic carbocycles. The third kappa shape index (κ3) is 5.36. The molecular formula is C25H23F3N4O2. The van der Waals surface area contributed by atoms with E-state index in [4.69, 9.17) is 0 Å². The van der Waals surface area contributed by atoms with Crippen molar-refractivity contribution in [2.75, 3.05) is 28.6 Å². The summed E-state index contributed by atoms with van der Waals surface area (Å²) in [5.74, 6) is -1.34. The number of pyridine rings is 1. The van der Waals surface area contributed by atoms with Crippen molar-refractivity contribution < 1.29 is 22.8 Å². The lowest BCUT2D eigenvalue weighted by molar-refractivity contribution is -0.137. The van der Waals surface area contributed by atoms with Gasteiger partial charge in [0.2, 0.25) is 5.91 Å². The first-order valence-corrected chi connectivity index (χ1v) is 10.9. The minimum absolute atomic E-state index is 0.116. The van der Waals surface area contributed by atoms with Crippen LogP contribution in [-0.4, -0.2) is 29.9 Å². The minimum Gasteiger partial charge on any atom is -0.355 e. The van der Waals surface area contributed by atoms with Gasteiger partial charge in [0.1, 0.15) is 5.82 Å². The van der Waals surface area contributed by atoms with Crippen LogP contribution in [0.15, 0.2) is 72.9 Å². The van der Waals surface area contributed by atoms with E-state index >= 15 is 0 Å². The molecule has 1 unspecified atom stereocenters. The number of carbonyl (C=O) groups is 2. The van der Waals surface area contributed by atoms with E-state index in [1.165, 1.54) is 17.2 Å². The van der Waals surface area contributed by atoms with Gasteiger partial charge < -0.3 is 15.5 Å². The van der Waals surface area contributed by atoms with Gasteiger partial charge in [0, 0.05) is 24.8 Å². The summed E-state index contributed by atoms with van der Waals surface area (Å²) in [6.07, 6.45) is -2.12. The summed E-state index contributed by atoms with van der Waals surface area (Å²) < 4.78 is 40.3. The van der Waals surface area contributed by atoms with Gasteiger partial charge in [0.05, 0.1) is 22.9 Å². The molecule has 0 spiro atoms. The Morgan fingerprint density at radius 2 is 1.59 bits per heavy atom. The third-order valence-electron chi connectivity index (χ3n) is 5.65. The number of anilines is 3. The van der Waals surface area contributed by atoms with Gasteiger partial charge in [-0.15, -0.1) is 0 Å². The summed E-state index contributed by atoms with van der Waals surface area (Å²) in [5.41, 5.74) is 0.511. The number of aromatic nitrogens is 1. The van der Waals surface area contributed by atoms with Gasteiger partial charge in [0.25, 0.3) is 5.91 Å². The van der Waals surface area contributed by atoms with Crippen LogP contribution in [0, 0.1) is 5.92 Å². The van der Waals surface area contributed by atoms with Crippen molar-refractivity contribution in [2.24, 2.45) is 5.92 Å². The highest BCUT2D eigenvalue weighted by molar-refractivity contribution is 6.07. The van der Waals surface area contributed by atoms with Gasteiger partial charge in [-0.1, -0.05) is 30.3 Å². The van der Waals surface area contributed by atoms with Crippen molar-refractivity contribution in [2.45, 2.75) is 19.0 Å². The van der Waals surface area contributed by atoms with Crippen LogP contribution in [0.5, 0.6) is 0 Å². The lowest BCUT2D eigenvalue weighted by atomic mass is 9.96. The number of hydrogen-bond donors (Lipinski definition) is 2. The van der Waals surface area contributed by atoms with Gasteiger partial charge in [0.15, 0.2) is 0 Å². The Labute approximate surface area is 194 Å². The zero-order chi connectivity index (χ0) is 24.1. The maximum atomic E-state index is 13.4. The van der Waals surface area contributed by atoms with Crippen LogP contribution in [0.25, 0.3) is 0 Å². The summed E-state index contributed by atoms with van der Waals surface area (Å²) in [6, 6.07) is 17.7. The number of nitrogens with one attached hydrogen (secondary N) is 2. The zero-order valence-corrected chi connectivity index (χ0v) is 18.2. The normalized spacial score (nSPS) is 16.1. The Bertz CT molecular complexity index is 1170. The van der Waals surface area contributed by atoms with Crippen LogP contribution in [0.3, 0.4) is 0 Å². The SMILES string of the molecule is O=C(Nc1ccccc1NC(=O)C1CCCN(c2ncccc2C(F)(F)F)C1)c1ccccc1. The van der Waals surface area contributed by atoms with E-state index in [9.17, 15) is 22.8 Å². The second kappa shape index (κ2) is 9.94. The van der Waals surface area contributed by atoms with Gasteiger partial charge in [-0.3, -0.25) is 9.59 Å². The number of para-hydroxylation sites is 2. The van der Waals surface area contributed by atoms with Crippen molar-refractivity contribution >= 4 is 29.0 Å². The average Bonchev–Trinajstić information content (AvgIpc) is 2.85. The molecule has 1 aliphatic heterocycles. The highest BCUT2D eigenvalue weighted by atomic mass is 19.4. The van der Waals surface area contributed by atoms with Crippen molar-refractivity contribution in [3.05, 3.63) is 84.1 Å². The van der Waals surface area contributed by atoms with Crippen LogP contribution < -0.4 is 15.5 Å². The fourth-order valence-electron chi connectivity index (χ4n) is 3.97. The van der Waals surface area contributed by atoms with E-state index in [1.54, 1.807) is 54.6 Å². The third-order valence-corrected chi connectivity index (χ3v) is 5.65. The fourth-order valence-corrected chi connectivity index (χ4v) is 3.97. The summed E-state index contributed by atoms with van der Waals surface area (Å²) in [7, 11) is 0. The van der Waals surface area contributed by atoms with Crippen molar-refractivity contribution in [1.82, 2.24) is 4.98 Å². The van der Waals surface area contributed by atoms with Crippen LogP contribution >= 0.6 is 0 Å². The number of amides is 2. The fraction of sp³-hybridized carbons (Fsp3) is 0.240. The van der Waals surface area contributed by atoms with Gasteiger partial charge in [-0.2, -0.15) is 13.2 Å². The summed E-state index contributed by atoms with van der Waals surface area (Å²) in [5, 5.41) is 5.63. The molecule has 2 N–H and O–H groups in total. The first kappa shape index (κ1) is 23.3. The Morgan fingerprint density at radius 3 is 2.29 bits per heavy atom. The molecule has 0 radical (unpaired) electrons. The number of alkyl halides is 3. The topological polar surface area (TPSA) is 74.3 Å². The second-order valence-electron chi connectivity index (χ2n) is 8.01. The highest BCUT2D eigenvalue weighted by Gasteiger charge is 2.37. The monoisotopic (exact) mass is 468 g/mol. The molecule has 0 saturated carbocycles. The Hall–Kier alpha value is -3.88. The quantitative estimate of drug-likeness (QED) is 0.539. The van der Waals surface area contributed by atoms with Crippen LogP contribution in [0.1, 0.15) is 28.8 Å². The van der Waals surface area contributed by atoms with Gasteiger partial charge in [-0.25, -0.2) is 4.98 Å². The van der Waals surface area contributed by atoms with Crippen LogP contribution in [0.2, 0.25) is 0 Å². The van der Waals surface area contributed by atoms with Crippen molar-refractivity contribution in [1.29, 1.82) is 0 Å². The highest BCUT2D eigenvalue weighted by Crippen LogP contribution is 2.36. The first-order chi connectivity index (χ1) is 16.3. The lowest BCUT2D eigenvalue weighted by Gasteiger charge is -2.34. The number of rotatable bonds is 5. The van der Waals surface area contributed by atoms with E-state index in [0.29, 0.717) is 36.3 Å². The van der Waals surface area contributed by atoms with Crippen LogP contribution in [-0.2, 0) is 11.0 Å². The minimum atomic E-state index is -4.53. The molecular weight excluding hydrogens is 445 g/mol. The molecule has 1 fully saturated rings. The molecule has 1 saturated heterocycles. The molecule has 0 bridgehead atoms. The van der Waals surface area contributed by atoms with E-state index in [1.807, 2.05) is 0 Å². The molecule has 6 nitrogen and oxygen atoms in total. The molecule has 1 aromatic heterocycles. The molecule has 176 valence electrons. The molecule has 0 aliphatic carbocycles. The molecule has 3 aromatic rings. The first-order valence-electron chi connectivity index (χ1n) is 10.9. The lowest BCUT2D eigenvalue weighted by Crippen LogP contribution is -2.42. The molecule has 9 heteroatoms. The van der Waals surface area contributed by atoms with Crippen molar-refractivity contribution in [3.8, 4) is 0 Å². The average molecular weight is 468 g/mol. The smallest absolute Gasteiger partial charge is 0.355 e. The molecule has 2 amide bonds. The Morgan fingerprint density at radius 1 is 0.912 bits per heavy atom. The Kier molecular flexibility index (Phi) is 6.81. The maximum Gasteiger partial charge on any atom is 0.419 e. The predicted molar refractivity (Wildman–Crippen MR) is 124 cm³/mol. The van der Waals surface area contributed by atoms with E-state index in [0.717, 1.165) is 6.07 Å². The number of hydrogen-bond acceptors (Lipinski definition) is 4. The molecule has 1 atom stereocenters. The van der Waals surface area contributed by atoms with Crippen molar-refractivity contribution in [3.63, 3.8) is 0 Å². The predicted octanol–water partition coefficient (Wildman–Crippen LogP) is 5.21. The molecule has 2 heterocycles. The largest absolute Gasteiger partial charge is 0.419 e. The number of benzene rings is 2. The van der Waals surface area contributed by atoms with Gasteiger partial charge >= 0.3 is 6.18 Å². The maximum absolute atomic E-state index is 13.4. The molecule has 1 aliphatic rings. The van der Waals surface area contributed by atoms with Gasteiger partial charge in [-0.05, 0) is 49.2 Å². The second-order valence-corrected chi connectivity index (χ2v) is 8.01. The van der Waals surface area contributed by atoms with E-state index < -0.39 is 17.7 Å². The number of nitrogens with zero attached hydrogens (tertiary/aromatic N) is 2. The number of carbonyl (C=O) groups excluding carboxylic acids is 2. The number of piperidine rings is 1. The van der Waals surface area contributed by atoms with Crippen LogP contribution in [0.4, 0.5) is 30.4 Å². The molecule has 4 rings (SSSR count). The van der Waals surface area contributed by atoms with E-state index in [2.05, 4.69) is 15.6 Å². The standard InChI is InChI=1S/C25H23F3N4O2/c26-25(27,28)19-11-6-14-29-22(19)32-15-7-10-18(16-32)24(34)31-21-13-5-4-12-20(21)30-23(33)17-8-2-1-3-9-17/h1-6,8-9,11-14,18H,7,10,15-16H2,(H,30,33)(H,31,34). The summed E-state index contributed by atoms with van der Waals surface area (Å²) in [6.45, 7) is 0.498. The Balaban J connectivity index is 1.47. The zero-order valence-electron chi connectivity index (χ0n) is 18.2. The molecule has 34 heavy (non-hydrogen) atoms. The van der Waals surface area contributed by atoms with E-state index in [-0.39, 0.29) is 24.2 Å². The summed E-state index contributed by atoms with van der Waals surface area (Å²) >= 11 is 0.